The quantitative estimate of drug-likeness (QED) is 0.703. The molecule has 0 saturated heterocycles. The maximum Gasteiger partial charge on any atom is 0.337 e. The fourth-order valence-electron chi connectivity index (χ4n) is 1.48. The number of carbonyl (C=O) groups is 2. The number of hydrogen-bond acceptors (Lipinski definition) is 7. The van der Waals surface area contributed by atoms with Crippen molar-refractivity contribution in [2.45, 2.75) is 16.5 Å². The average Bonchev–Trinajstić information content (AvgIpc) is 2.85. The molecule has 10 heteroatoms. The van der Waals surface area contributed by atoms with Crippen molar-refractivity contribution in [1.29, 1.82) is 0 Å². The zero-order chi connectivity index (χ0) is 16.3. The number of benzene rings is 1. The minimum Gasteiger partial charge on any atom is -0.478 e. The molecule has 0 radical (unpaired) electrons. The summed E-state index contributed by atoms with van der Waals surface area (Å²) in [6, 6.07) is 4.26. The van der Waals surface area contributed by atoms with Crippen LogP contribution in [0.5, 0.6) is 0 Å². The van der Waals surface area contributed by atoms with Gasteiger partial charge in [-0.25, -0.2) is 4.79 Å². The number of rotatable bonds is 5. The van der Waals surface area contributed by atoms with Crippen LogP contribution in [-0.4, -0.2) is 32.4 Å². The Morgan fingerprint density at radius 2 is 2.18 bits per heavy atom. The zero-order valence-corrected chi connectivity index (χ0v) is 13.6. The zero-order valence-electron chi connectivity index (χ0n) is 11.2. The van der Waals surface area contributed by atoms with Crippen LogP contribution in [0.25, 0.3) is 0 Å². The lowest BCUT2D eigenvalue weighted by molar-refractivity contribution is -0.115. The van der Waals surface area contributed by atoms with Crippen molar-refractivity contribution in [2.75, 3.05) is 11.1 Å². The Hall–Kier alpha value is -1.84. The fourth-order valence-corrected chi connectivity index (χ4v) is 3.46. The number of amides is 1. The van der Waals surface area contributed by atoms with Gasteiger partial charge in [0, 0.05) is 5.69 Å². The monoisotopic (exact) mass is 358 g/mol. The number of aromatic carboxylic acids is 1. The number of thioether (sulfide) groups is 1. The van der Waals surface area contributed by atoms with Gasteiger partial charge in [-0.3, -0.25) is 4.79 Å². The molecule has 2 rings (SSSR count). The second-order valence-electron chi connectivity index (χ2n) is 4.16. The molecule has 116 valence electrons. The van der Waals surface area contributed by atoms with Crippen LogP contribution in [-0.2, 0) is 4.79 Å². The number of carboxylic acids is 1. The van der Waals surface area contributed by atoms with Crippen LogP contribution in [0.2, 0.25) is 5.02 Å². The van der Waals surface area contributed by atoms with E-state index in [-0.39, 0.29) is 16.5 Å². The molecule has 0 saturated carbocycles. The van der Waals surface area contributed by atoms with Crippen molar-refractivity contribution < 1.29 is 14.7 Å². The highest BCUT2D eigenvalue weighted by atomic mass is 35.5. The lowest BCUT2D eigenvalue weighted by atomic mass is 10.2. The molecule has 0 fully saturated rings. The number of aromatic nitrogens is 2. The van der Waals surface area contributed by atoms with E-state index in [2.05, 4.69) is 15.5 Å². The molecule has 0 aliphatic carbocycles. The van der Waals surface area contributed by atoms with E-state index >= 15 is 0 Å². The molecule has 7 nitrogen and oxygen atoms in total. The fraction of sp³-hybridized carbons (Fsp3) is 0.167. The van der Waals surface area contributed by atoms with Gasteiger partial charge in [-0.05, 0) is 25.1 Å². The number of carboxylic acid groups (broad SMARTS) is 1. The minimum atomic E-state index is -1.16. The summed E-state index contributed by atoms with van der Waals surface area (Å²) in [5, 5.41) is 19.1. The van der Waals surface area contributed by atoms with Gasteiger partial charge in [0.05, 0.1) is 15.8 Å². The number of carbonyl (C=O) groups excluding carboxylic acids is 1. The van der Waals surface area contributed by atoms with E-state index in [1.807, 2.05) is 0 Å². The van der Waals surface area contributed by atoms with Crippen LogP contribution < -0.4 is 11.1 Å². The summed E-state index contributed by atoms with van der Waals surface area (Å²) < 4.78 is 0.586. The predicted octanol–water partition coefficient (Wildman–Crippen LogP) is 2.59. The van der Waals surface area contributed by atoms with E-state index in [4.69, 9.17) is 22.4 Å². The standard InChI is InChI=1S/C12H11ClN4O3S2/c1-5(21-12-17-16-11(14)22-12)9(18)15-6-2-3-8(13)7(4-6)10(19)20/h2-5H,1H3,(H2,14,16)(H,15,18)(H,19,20). The highest BCUT2D eigenvalue weighted by Gasteiger charge is 2.18. The van der Waals surface area contributed by atoms with Gasteiger partial charge in [-0.2, -0.15) is 0 Å². The molecular formula is C12H11ClN4O3S2. The normalized spacial score (nSPS) is 11.9. The summed E-state index contributed by atoms with van der Waals surface area (Å²) in [5.74, 6) is -1.45. The molecule has 22 heavy (non-hydrogen) atoms. The second-order valence-corrected chi connectivity index (χ2v) is 7.16. The average molecular weight is 359 g/mol. The van der Waals surface area contributed by atoms with Crippen LogP contribution in [0, 0.1) is 0 Å². The van der Waals surface area contributed by atoms with E-state index in [0.29, 0.717) is 15.2 Å². The first-order chi connectivity index (χ1) is 10.4. The highest BCUT2D eigenvalue weighted by Crippen LogP contribution is 2.28. The Morgan fingerprint density at radius 1 is 1.45 bits per heavy atom. The Bertz CT molecular complexity index is 722. The predicted molar refractivity (Wildman–Crippen MR) is 86.7 cm³/mol. The molecule has 1 aromatic heterocycles. The highest BCUT2D eigenvalue weighted by molar-refractivity contribution is 8.02. The maximum absolute atomic E-state index is 12.1. The van der Waals surface area contributed by atoms with Gasteiger partial charge in [0.15, 0.2) is 4.34 Å². The van der Waals surface area contributed by atoms with Gasteiger partial charge < -0.3 is 16.2 Å². The topological polar surface area (TPSA) is 118 Å². The van der Waals surface area contributed by atoms with Gasteiger partial charge in [0.1, 0.15) is 0 Å². The maximum atomic E-state index is 12.1. The van der Waals surface area contributed by atoms with E-state index in [1.165, 1.54) is 41.3 Å². The van der Waals surface area contributed by atoms with Gasteiger partial charge in [-0.15, -0.1) is 10.2 Å². The first-order valence-electron chi connectivity index (χ1n) is 5.96. The van der Waals surface area contributed by atoms with Gasteiger partial charge >= 0.3 is 5.97 Å². The van der Waals surface area contributed by atoms with E-state index < -0.39 is 11.2 Å². The number of anilines is 2. The smallest absolute Gasteiger partial charge is 0.337 e. The Morgan fingerprint density at radius 3 is 2.77 bits per heavy atom. The Labute approximate surface area is 138 Å². The Balaban J connectivity index is 2.05. The van der Waals surface area contributed by atoms with Crippen molar-refractivity contribution in [1.82, 2.24) is 10.2 Å². The lowest BCUT2D eigenvalue weighted by Crippen LogP contribution is -2.22. The van der Waals surface area contributed by atoms with E-state index in [0.717, 1.165) is 0 Å². The van der Waals surface area contributed by atoms with Crippen LogP contribution >= 0.6 is 34.7 Å². The molecule has 1 atom stereocenters. The van der Waals surface area contributed by atoms with Gasteiger partial charge in [0.2, 0.25) is 11.0 Å². The molecule has 1 heterocycles. The summed E-state index contributed by atoms with van der Waals surface area (Å²) in [4.78, 5) is 23.1. The van der Waals surface area contributed by atoms with Crippen molar-refractivity contribution in [3.63, 3.8) is 0 Å². The molecule has 0 bridgehead atoms. The van der Waals surface area contributed by atoms with Crippen molar-refractivity contribution >= 4 is 57.4 Å². The molecule has 1 amide bonds. The van der Waals surface area contributed by atoms with Crippen molar-refractivity contribution in [3.8, 4) is 0 Å². The first kappa shape index (κ1) is 16.5. The summed E-state index contributed by atoms with van der Waals surface area (Å²) in [7, 11) is 0. The van der Waals surface area contributed by atoms with Crippen molar-refractivity contribution in [2.24, 2.45) is 0 Å². The van der Waals surface area contributed by atoms with Gasteiger partial charge in [-0.1, -0.05) is 34.7 Å². The molecular weight excluding hydrogens is 348 g/mol. The number of nitrogen functional groups attached to an aromatic ring is 1. The minimum absolute atomic E-state index is 0.0725. The second kappa shape index (κ2) is 6.95. The molecule has 1 unspecified atom stereocenters. The van der Waals surface area contributed by atoms with Crippen LogP contribution in [0.15, 0.2) is 22.5 Å². The summed E-state index contributed by atoms with van der Waals surface area (Å²) in [6.45, 7) is 1.70. The lowest BCUT2D eigenvalue weighted by Gasteiger charge is -2.11. The number of nitrogens with one attached hydrogen (secondary N) is 1. The van der Waals surface area contributed by atoms with Crippen molar-refractivity contribution in [3.05, 3.63) is 28.8 Å². The third kappa shape index (κ3) is 4.09. The summed E-state index contributed by atoms with van der Waals surface area (Å²) in [5.41, 5.74) is 5.76. The molecule has 1 aromatic carbocycles. The van der Waals surface area contributed by atoms with E-state index in [9.17, 15) is 9.59 Å². The van der Waals surface area contributed by atoms with E-state index in [1.54, 1.807) is 6.92 Å². The Kier molecular flexibility index (Phi) is 5.22. The number of halogens is 1. The van der Waals surface area contributed by atoms with Crippen LogP contribution in [0.1, 0.15) is 17.3 Å². The molecule has 0 spiro atoms. The summed E-state index contributed by atoms with van der Waals surface area (Å²) in [6.07, 6.45) is 0. The number of nitrogens with two attached hydrogens (primary N) is 1. The van der Waals surface area contributed by atoms with Crippen LogP contribution in [0.3, 0.4) is 0 Å². The molecule has 0 aliphatic heterocycles. The largest absolute Gasteiger partial charge is 0.478 e. The summed E-state index contributed by atoms with van der Waals surface area (Å²) >= 11 is 8.18. The third-order valence-electron chi connectivity index (χ3n) is 2.53. The number of hydrogen-bond donors (Lipinski definition) is 3. The first-order valence-corrected chi connectivity index (χ1v) is 8.03. The molecule has 0 aliphatic rings. The van der Waals surface area contributed by atoms with Crippen LogP contribution in [0.4, 0.5) is 10.8 Å². The van der Waals surface area contributed by atoms with Gasteiger partial charge in [0.25, 0.3) is 0 Å². The number of nitrogens with zero attached hydrogens (tertiary/aromatic N) is 2. The molecule has 4 N–H and O–H groups in total. The SMILES string of the molecule is CC(Sc1nnc(N)s1)C(=O)Nc1ccc(Cl)c(C(=O)O)c1. The third-order valence-corrected chi connectivity index (χ3v) is 4.80. The molecule has 2 aromatic rings.